The Bertz CT molecular complexity index is 1380. The maximum Gasteiger partial charge on any atom is 0.340 e. The number of alkyl halides is 4. The van der Waals surface area contributed by atoms with Gasteiger partial charge in [-0.15, -0.1) is 0 Å². The van der Waals surface area contributed by atoms with Crippen LogP contribution < -0.4 is 4.74 Å². The summed E-state index contributed by atoms with van der Waals surface area (Å²) < 4.78 is 85.8. The minimum Gasteiger partial charge on any atom is -0.487 e. The lowest BCUT2D eigenvalue weighted by Gasteiger charge is -2.28. The summed E-state index contributed by atoms with van der Waals surface area (Å²) in [4.78, 5) is 7.93. The average Bonchev–Trinajstić information content (AvgIpc) is 3.53. The van der Waals surface area contributed by atoms with E-state index in [-0.39, 0.29) is 30.2 Å². The summed E-state index contributed by atoms with van der Waals surface area (Å²) >= 11 is 0. The lowest BCUT2D eigenvalue weighted by Crippen LogP contribution is -2.37. The van der Waals surface area contributed by atoms with Crippen molar-refractivity contribution in [3.8, 4) is 5.75 Å². The maximum absolute atomic E-state index is 14.6. The van der Waals surface area contributed by atoms with E-state index in [4.69, 9.17) is 4.74 Å². The first-order valence-corrected chi connectivity index (χ1v) is 11.0. The fourth-order valence-corrected chi connectivity index (χ4v) is 3.49. The molecule has 2 heterocycles. The molecule has 0 aliphatic carbocycles. The molecule has 0 saturated carbocycles. The predicted octanol–water partition coefficient (Wildman–Crippen LogP) is 4.19. The molecule has 0 saturated heterocycles. The van der Waals surface area contributed by atoms with Crippen LogP contribution in [0.2, 0.25) is 0 Å². The van der Waals surface area contributed by atoms with Crippen molar-refractivity contribution in [1.82, 2.24) is 29.5 Å². The highest BCUT2D eigenvalue weighted by molar-refractivity contribution is 5.66. The Kier molecular flexibility index (Phi) is 7.80. The summed E-state index contributed by atoms with van der Waals surface area (Å²) in [7, 11) is 0. The van der Waals surface area contributed by atoms with Crippen molar-refractivity contribution < 1.29 is 36.2 Å². The zero-order valence-electron chi connectivity index (χ0n) is 19.4. The van der Waals surface area contributed by atoms with Crippen LogP contribution in [0.1, 0.15) is 17.0 Å². The van der Waals surface area contributed by atoms with Crippen molar-refractivity contribution >= 4 is 12.2 Å². The second-order valence-electron chi connectivity index (χ2n) is 8.30. The molecular formula is C24H20F6N6O2. The van der Waals surface area contributed by atoms with Gasteiger partial charge < -0.3 is 9.84 Å². The molecule has 38 heavy (non-hydrogen) atoms. The molecule has 0 spiro atoms. The highest BCUT2D eigenvalue weighted by Gasteiger charge is 2.41. The molecule has 1 unspecified atom stereocenters. The molecule has 0 bridgehead atoms. The van der Waals surface area contributed by atoms with E-state index in [0.717, 1.165) is 12.1 Å². The molecule has 8 nitrogen and oxygen atoms in total. The Morgan fingerprint density at radius 1 is 0.974 bits per heavy atom. The van der Waals surface area contributed by atoms with Gasteiger partial charge in [-0.25, -0.2) is 36.9 Å². The van der Waals surface area contributed by atoms with Crippen LogP contribution in [-0.4, -0.2) is 53.6 Å². The topological polar surface area (TPSA) is 90.9 Å². The SMILES string of the molecule is OC(Cn1cncn1)(Cn1cnc(/C=C\c2ccc(OCC(F)(F)C(F)F)cc2)n1)c1ccc(F)cc1F. The zero-order chi connectivity index (χ0) is 27.3. The van der Waals surface area contributed by atoms with Crippen LogP contribution in [0.3, 0.4) is 0 Å². The highest BCUT2D eigenvalue weighted by atomic mass is 19.3. The molecule has 14 heteroatoms. The molecule has 2 aromatic heterocycles. The lowest BCUT2D eigenvalue weighted by molar-refractivity contribution is -0.148. The first kappa shape index (κ1) is 26.9. The molecule has 4 aromatic rings. The number of aliphatic hydroxyl groups is 1. The third-order valence-corrected chi connectivity index (χ3v) is 5.36. The van der Waals surface area contributed by atoms with Gasteiger partial charge in [-0.05, 0) is 29.8 Å². The van der Waals surface area contributed by atoms with Gasteiger partial charge in [0.25, 0.3) is 0 Å². The summed E-state index contributed by atoms with van der Waals surface area (Å²) in [5.74, 6) is -5.78. The number of ether oxygens (including phenoxy) is 1. The lowest BCUT2D eigenvalue weighted by atomic mass is 9.93. The van der Waals surface area contributed by atoms with E-state index in [2.05, 4.69) is 20.2 Å². The van der Waals surface area contributed by atoms with Gasteiger partial charge in [-0.1, -0.05) is 24.3 Å². The van der Waals surface area contributed by atoms with E-state index in [1.165, 1.54) is 58.7 Å². The van der Waals surface area contributed by atoms with Crippen LogP contribution in [-0.2, 0) is 18.7 Å². The first-order chi connectivity index (χ1) is 18.0. The van der Waals surface area contributed by atoms with Crippen molar-refractivity contribution in [2.45, 2.75) is 31.0 Å². The average molecular weight is 538 g/mol. The summed E-state index contributed by atoms with van der Waals surface area (Å²) in [6.45, 7) is -1.92. The van der Waals surface area contributed by atoms with E-state index in [9.17, 15) is 31.4 Å². The van der Waals surface area contributed by atoms with Gasteiger partial charge >= 0.3 is 12.3 Å². The highest BCUT2D eigenvalue weighted by Crippen LogP contribution is 2.28. The summed E-state index contributed by atoms with van der Waals surface area (Å²) in [6.07, 6.45) is 3.18. The smallest absolute Gasteiger partial charge is 0.340 e. The molecule has 0 amide bonds. The number of benzene rings is 2. The molecular weight excluding hydrogens is 518 g/mol. The van der Waals surface area contributed by atoms with Crippen LogP contribution in [0.4, 0.5) is 26.3 Å². The summed E-state index contributed by atoms with van der Waals surface area (Å²) in [5.41, 5.74) is -1.46. The Morgan fingerprint density at radius 2 is 1.71 bits per heavy atom. The van der Waals surface area contributed by atoms with Gasteiger partial charge in [0.15, 0.2) is 12.4 Å². The largest absolute Gasteiger partial charge is 0.487 e. The summed E-state index contributed by atoms with van der Waals surface area (Å²) in [6, 6.07) is 8.54. The van der Waals surface area contributed by atoms with Crippen molar-refractivity contribution in [2.75, 3.05) is 6.61 Å². The molecule has 0 aliphatic heterocycles. The maximum atomic E-state index is 14.6. The predicted molar refractivity (Wildman–Crippen MR) is 122 cm³/mol. The Balaban J connectivity index is 1.45. The number of nitrogens with zero attached hydrogens (tertiary/aromatic N) is 6. The van der Waals surface area contributed by atoms with Crippen LogP contribution in [0.15, 0.2) is 61.4 Å². The van der Waals surface area contributed by atoms with Crippen molar-refractivity contribution in [1.29, 1.82) is 0 Å². The van der Waals surface area contributed by atoms with Crippen LogP contribution in [0.5, 0.6) is 5.75 Å². The first-order valence-electron chi connectivity index (χ1n) is 11.0. The molecule has 200 valence electrons. The van der Waals surface area contributed by atoms with E-state index in [1.807, 2.05) is 0 Å². The van der Waals surface area contributed by atoms with Gasteiger partial charge in [0.2, 0.25) is 0 Å². The third kappa shape index (κ3) is 6.56. The van der Waals surface area contributed by atoms with Crippen molar-refractivity contribution in [3.63, 3.8) is 0 Å². The van der Waals surface area contributed by atoms with E-state index in [0.29, 0.717) is 11.6 Å². The quantitative estimate of drug-likeness (QED) is 0.288. The standard InChI is InChI=1S/C24H20F6N6O2/c25-17-4-7-19(20(26)9-17)23(37,10-35-14-31-13-33-35)11-36-15-32-21(34-36)8-3-16-1-5-18(6-2-16)38-12-24(29,30)22(27)28/h1-9,13-15,22,37H,10-12H2/b8-3-. The number of hydrogen-bond donors (Lipinski definition) is 1. The fraction of sp³-hybridized carbons (Fsp3) is 0.250. The Hall–Kier alpha value is -4.20. The number of halogens is 6. The number of rotatable bonds is 11. The fourth-order valence-electron chi connectivity index (χ4n) is 3.49. The van der Waals surface area contributed by atoms with Crippen LogP contribution in [0, 0.1) is 11.6 Å². The van der Waals surface area contributed by atoms with Gasteiger partial charge in [0, 0.05) is 11.6 Å². The molecule has 4 rings (SSSR count). The molecule has 1 atom stereocenters. The van der Waals surface area contributed by atoms with Crippen LogP contribution in [0.25, 0.3) is 12.2 Å². The zero-order valence-corrected chi connectivity index (χ0v) is 19.4. The molecule has 2 aromatic carbocycles. The second kappa shape index (κ2) is 11.0. The number of hydrogen-bond acceptors (Lipinski definition) is 6. The third-order valence-electron chi connectivity index (χ3n) is 5.36. The van der Waals surface area contributed by atoms with E-state index >= 15 is 0 Å². The minimum atomic E-state index is -4.26. The van der Waals surface area contributed by atoms with Crippen LogP contribution >= 0.6 is 0 Å². The van der Waals surface area contributed by atoms with Gasteiger partial charge in [0.05, 0.1) is 13.1 Å². The normalized spacial score (nSPS) is 13.8. The molecule has 1 N–H and O–H groups in total. The van der Waals surface area contributed by atoms with Gasteiger partial charge in [-0.3, -0.25) is 0 Å². The molecule has 0 radical (unpaired) electrons. The van der Waals surface area contributed by atoms with Gasteiger partial charge in [-0.2, -0.15) is 19.0 Å². The van der Waals surface area contributed by atoms with E-state index in [1.54, 1.807) is 6.08 Å². The Labute approximate surface area is 211 Å². The molecule has 0 fully saturated rings. The second-order valence-corrected chi connectivity index (χ2v) is 8.30. The van der Waals surface area contributed by atoms with E-state index < -0.39 is 36.2 Å². The number of aromatic nitrogens is 6. The Morgan fingerprint density at radius 3 is 2.37 bits per heavy atom. The van der Waals surface area contributed by atoms with Crippen molar-refractivity contribution in [3.05, 3.63) is 90.0 Å². The van der Waals surface area contributed by atoms with Gasteiger partial charge in [0.1, 0.15) is 42.0 Å². The monoisotopic (exact) mass is 538 g/mol. The van der Waals surface area contributed by atoms with Crippen molar-refractivity contribution in [2.24, 2.45) is 0 Å². The molecule has 0 aliphatic rings. The summed E-state index contributed by atoms with van der Waals surface area (Å²) in [5, 5.41) is 19.6. The minimum absolute atomic E-state index is 0.00966.